The molecule has 0 aliphatic carbocycles. The van der Waals surface area contributed by atoms with Gasteiger partial charge in [0.25, 0.3) is 5.91 Å². The van der Waals surface area contributed by atoms with Gasteiger partial charge in [-0.3, -0.25) is 4.79 Å². The van der Waals surface area contributed by atoms with E-state index in [1.54, 1.807) is 0 Å². The van der Waals surface area contributed by atoms with Crippen LogP contribution in [0.4, 0.5) is 5.69 Å². The number of benzene rings is 3. The first-order valence-corrected chi connectivity index (χ1v) is 9.34. The van der Waals surface area contributed by atoms with Crippen molar-refractivity contribution in [3.05, 3.63) is 72.3 Å². The Kier molecular flexibility index (Phi) is 4.91. The van der Waals surface area contributed by atoms with Crippen LogP contribution in [-0.2, 0) is 16.1 Å². The minimum atomic E-state index is -0.624. The van der Waals surface area contributed by atoms with E-state index in [1.807, 2.05) is 30.3 Å². The number of para-hydroxylation sites is 1. The summed E-state index contributed by atoms with van der Waals surface area (Å²) in [6.45, 7) is 2.56. The quantitative estimate of drug-likeness (QED) is 0.499. The van der Waals surface area contributed by atoms with Crippen LogP contribution < -0.4 is 5.32 Å². The van der Waals surface area contributed by atoms with Crippen LogP contribution in [0.5, 0.6) is 5.75 Å². The third kappa shape index (κ3) is 3.65. The molecule has 0 radical (unpaired) electrons. The molecular formula is C23H20N2O4. The fourth-order valence-electron chi connectivity index (χ4n) is 3.48. The molecule has 0 spiro atoms. The number of phenols is 1. The Hall–Kier alpha value is -3.80. The van der Waals surface area contributed by atoms with E-state index in [0.717, 1.165) is 28.4 Å². The summed E-state index contributed by atoms with van der Waals surface area (Å²) in [5.74, 6) is -0.989. The number of aryl methyl sites for hydroxylation is 1. The zero-order valence-electron chi connectivity index (χ0n) is 15.9. The highest BCUT2D eigenvalue weighted by atomic mass is 16.5. The zero-order chi connectivity index (χ0) is 20.4. The summed E-state index contributed by atoms with van der Waals surface area (Å²) in [7, 11) is 0. The second-order valence-corrected chi connectivity index (χ2v) is 6.66. The van der Waals surface area contributed by atoms with Crippen LogP contribution in [0.1, 0.15) is 17.3 Å². The van der Waals surface area contributed by atoms with E-state index in [-0.39, 0.29) is 11.3 Å². The van der Waals surface area contributed by atoms with Crippen LogP contribution >= 0.6 is 0 Å². The monoisotopic (exact) mass is 388 g/mol. The molecule has 0 saturated carbocycles. The molecule has 0 bridgehead atoms. The number of esters is 1. The molecule has 6 nitrogen and oxygen atoms in total. The van der Waals surface area contributed by atoms with Gasteiger partial charge in [0.05, 0.1) is 5.56 Å². The van der Waals surface area contributed by atoms with Gasteiger partial charge in [-0.05, 0) is 55.5 Å². The van der Waals surface area contributed by atoms with Crippen molar-refractivity contribution in [3.8, 4) is 5.75 Å². The number of rotatable bonds is 5. The molecule has 2 N–H and O–H groups in total. The van der Waals surface area contributed by atoms with E-state index in [0.29, 0.717) is 5.69 Å². The molecule has 1 heterocycles. The number of hydrogen-bond acceptors (Lipinski definition) is 4. The lowest BCUT2D eigenvalue weighted by Crippen LogP contribution is -2.20. The number of phenolic OH excluding ortho intramolecular Hbond substituents is 1. The van der Waals surface area contributed by atoms with Crippen LogP contribution in [-0.4, -0.2) is 28.2 Å². The molecule has 4 aromatic rings. The Bertz CT molecular complexity index is 1210. The fraction of sp³-hybridized carbons (Fsp3) is 0.130. The first-order valence-electron chi connectivity index (χ1n) is 9.34. The van der Waals surface area contributed by atoms with E-state index in [9.17, 15) is 14.7 Å². The maximum absolute atomic E-state index is 12.2. The number of nitrogens with zero attached hydrogens (tertiary/aromatic N) is 1. The van der Waals surface area contributed by atoms with Crippen LogP contribution in [0.2, 0.25) is 0 Å². The fourth-order valence-corrected chi connectivity index (χ4v) is 3.48. The lowest BCUT2D eigenvalue weighted by atomic mass is 10.1. The molecule has 0 atom stereocenters. The second-order valence-electron chi connectivity index (χ2n) is 6.66. The molecule has 4 rings (SSSR count). The van der Waals surface area contributed by atoms with Gasteiger partial charge >= 0.3 is 5.97 Å². The van der Waals surface area contributed by atoms with Crippen molar-refractivity contribution in [2.45, 2.75) is 13.5 Å². The predicted octanol–water partition coefficient (Wildman–Crippen LogP) is 4.32. The van der Waals surface area contributed by atoms with Crippen LogP contribution in [0, 0.1) is 0 Å². The van der Waals surface area contributed by atoms with Crippen LogP contribution in [0.25, 0.3) is 21.8 Å². The number of carbonyl (C=O) groups is 2. The molecule has 0 aliphatic heterocycles. The van der Waals surface area contributed by atoms with E-state index < -0.39 is 18.5 Å². The molecule has 146 valence electrons. The third-order valence-corrected chi connectivity index (χ3v) is 4.81. The predicted molar refractivity (Wildman–Crippen MR) is 112 cm³/mol. The van der Waals surface area contributed by atoms with E-state index >= 15 is 0 Å². The van der Waals surface area contributed by atoms with E-state index in [2.05, 4.69) is 28.9 Å². The maximum Gasteiger partial charge on any atom is 0.338 e. The number of anilines is 1. The topological polar surface area (TPSA) is 80.6 Å². The summed E-state index contributed by atoms with van der Waals surface area (Å²) < 4.78 is 7.28. The Morgan fingerprint density at radius 3 is 2.45 bits per heavy atom. The van der Waals surface area contributed by atoms with Gasteiger partial charge in [0.1, 0.15) is 5.75 Å². The standard InChI is InChI=1S/C23H20N2O4/c1-2-25-20-6-4-3-5-18(20)19-13-16(9-12-21(19)25)24-22(27)14-29-23(28)15-7-10-17(26)11-8-15/h3-13,26H,2,14H2,1H3,(H,24,27). The lowest BCUT2D eigenvalue weighted by molar-refractivity contribution is -0.119. The highest BCUT2D eigenvalue weighted by Crippen LogP contribution is 2.30. The first kappa shape index (κ1) is 18.6. The van der Waals surface area contributed by atoms with Gasteiger partial charge in [-0.15, -0.1) is 0 Å². The Labute approximate surface area is 167 Å². The number of carbonyl (C=O) groups excluding carboxylic acids is 2. The van der Waals surface area contributed by atoms with Crippen molar-refractivity contribution in [3.63, 3.8) is 0 Å². The van der Waals surface area contributed by atoms with Gasteiger partial charge in [0, 0.05) is 34.0 Å². The zero-order valence-corrected chi connectivity index (χ0v) is 15.9. The molecule has 0 unspecified atom stereocenters. The van der Waals surface area contributed by atoms with Crippen molar-refractivity contribution in [2.75, 3.05) is 11.9 Å². The number of amides is 1. The van der Waals surface area contributed by atoms with Crippen molar-refractivity contribution in [1.82, 2.24) is 4.57 Å². The minimum Gasteiger partial charge on any atom is -0.508 e. The molecule has 6 heteroatoms. The van der Waals surface area contributed by atoms with Gasteiger partial charge < -0.3 is 19.7 Å². The van der Waals surface area contributed by atoms with Crippen LogP contribution in [0.15, 0.2) is 66.7 Å². The minimum absolute atomic E-state index is 0.0547. The highest BCUT2D eigenvalue weighted by Gasteiger charge is 2.13. The van der Waals surface area contributed by atoms with Gasteiger partial charge in [-0.2, -0.15) is 0 Å². The number of aromatic hydroxyl groups is 1. The first-order chi connectivity index (χ1) is 14.1. The van der Waals surface area contributed by atoms with Crippen molar-refractivity contribution in [2.24, 2.45) is 0 Å². The maximum atomic E-state index is 12.2. The largest absolute Gasteiger partial charge is 0.508 e. The normalized spacial score (nSPS) is 10.9. The summed E-state index contributed by atoms with van der Waals surface area (Å²) >= 11 is 0. The number of fused-ring (bicyclic) bond motifs is 3. The molecule has 1 aromatic heterocycles. The molecule has 3 aromatic carbocycles. The number of hydrogen-bond donors (Lipinski definition) is 2. The summed E-state index contributed by atoms with van der Waals surface area (Å²) in [6, 6.07) is 19.6. The molecule has 0 aliphatic rings. The van der Waals surface area contributed by atoms with Gasteiger partial charge in [0.2, 0.25) is 0 Å². The molecule has 0 saturated heterocycles. The van der Waals surface area contributed by atoms with Crippen molar-refractivity contribution < 1.29 is 19.4 Å². The summed E-state index contributed by atoms with van der Waals surface area (Å²) in [5, 5.41) is 14.2. The Morgan fingerprint density at radius 2 is 1.69 bits per heavy atom. The average Bonchev–Trinajstić information content (AvgIpc) is 3.05. The molecule has 0 fully saturated rings. The summed E-state index contributed by atoms with van der Waals surface area (Å²) in [5.41, 5.74) is 3.16. The smallest absolute Gasteiger partial charge is 0.338 e. The highest BCUT2D eigenvalue weighted by molar-refractivity contribution is 6.10. The van der Waals surface area contributed by atoms with Crippen LogP contribution in [0.3, 0.4) is 0 Å². The van der Waals surface area contributed by atoms with Gasteiger partial charge in [0.15, 0.2) is 6.61 Å². The molecular weight excluding hydrogens is 368 g/mol. The van der Waals surface area contributed by atoms with E-state index in [1.165, 1.54) is 24.3 Å². The van der Waals surface area contributed by atoms with Crippen molar-refractivity contribution >= 4 is 39.4 Å². The number of ether oxygens (including phenoxy) is 1. The second kappa shape index (κ2) is 7.67. The summed E-state index contributed by atoms with van der Waals surface area (Å²) in [6.07, 6.45) is 0. The van der Waals surface area contributed by atoms with Gasteiger partial charge in [-0.1, -0.05) is 18.2 Å². The van der Waals surface area contributed by atoms with Gasteiger partial charge in [-0.25, -0.2) is 4.79 Å². The SMILES string of the molecule is CCn1c2ccccc2c2cc(NC(=O)COC(=O)c3ccc(O)cc3)ccc21. The third-order valence-electron chi connectivity index (χ3n) is 4.81. The molecule has 29 heavy (non-hydrogen) atoms. The number of nitrogens with one attached hydrogen (secondary N) is 1. The Balaban J connectivity index is 1.49. The average molecular weight is 388 g/mol. The van der Waals surface area contributed by atoms with Crippen molar-refractivity contribution in [1.29, 1.82) is 0 Å². The summed E-state index contributed by atoms with van der Waals surface area (Å²) in [4.78, 5) is 24.2. The number of aromatic nitrogens is 1. The lowest BCUT2D eigenvalue weighted by Gasteiger charge is -2.08. The molecule has 1 amide bonds. The van der Waals surface area contributed by atoms with E-state index in [4.69, 9.17) is 4.74 Å². The Morgan fingerprint density at radius 1 is 0.966 bits per heavy atom.